The van der Waals surface area contributed by atoms with E-state index >= 15 is 0 Å². The Morgan fingerprint density at radius 2 is 2.35 bits per heavy atom. The number of hydrogen-bond donors (Lipinski definition) is 2. The lowest BCUT2D eigenvalue weighted by Crippen LogP contribution is -2.10. The first kappa shape index (κ1) is 14.3. The predicted molar refractivity (Wildman–Crippen MR) is 79.8 cm³/mol. The van der Waals surface area contributed by atoms with Gasteiger partial charge in [0.05, 0.1) is 18.3 Å². The van der Waals surface area contributed by atoms with E-state index in [0.717, 1.165) is 16.8 Å². The lowest BCUT2D eigenvalue weighted by atomic mass is 10.1. The fraction of sp³-hybridized carbons (Fsp3) is 0.200. The number of amides is 1. The van der Waals surface area contributed by atoms with Crippen molar-refractivity contribution in [3.63, 3.8) is 0 Å². The Balaban J connectivity index is 2.10. The second-order valence-electron chi connectivity index (χ2n) is 4.12. The molecule has 5 heteroatoms. The van der Waals surface area contributed by atoms with Crippen LogP contribution < -0.4 is 5.32 Å². The molecule has 0 aliphatic carbocycles. The number of hydrogen-bond acceptors (Lipinski definition) is 4. The third-order valence-corrected chi connectivity index (χ3v) is 3.37. The van der Waals surface area contributed by atoms with E-state index < -0.39 is 0 Å². The molecule has 0 aliphatic rings. The Hall–Kier alpha value is -2.16. The van der Waals surface area contributed by atoms with Crippen LogP contribution in [0.5, 0.6) is 0 Å². The number of carbonyl (C=O) groups excluding carboxylic acids is 1. The minimum absolute atomic E-state index is 0.0645. The van der Waals surface area contributed by atoms with E-state index in [1.54, 1.807) is 11.7 Å². The van der Waals surface area contributed by atoms with Gasteiger partial charge >= 0.3 is 0 Å². The number of aromatic nitrogens is 1. The number of aliphatic hydroxyl groups is 1. The van der Waals surface area contributed by atoms with E-state index in [1.807, 2.05) is 25.1 Å². The molecule has 0 aliphatic heterocycles. The molecule has 0 saturated heterocycles. The molecule has 0 unspecified atom stereocenters. The number of aliphatic hydroxyl groups excluding tert-OH is 1. The standard InChI is InChI=1S/C15H14N2O2S/c1-11-8-13(6-5-12(11)4-2-3-7-18)17-15(19)14-9-16-10-20-14/h5-6,8-10,18H,3,7H2,1H3,(H,17,19). The van der Waals surface area contributed by atoms with Crippen LogP contribution in [-0.4, -0.2) is 22.6 Å². The Morgan fingerprint density at radius 1 is 1.50 bits per heavy atom. The zero-order valence-corrected chi connectivity index (χ0v) is 11.8. The molecule has 4 nitrogen and oxygen atoms in total. The lowest BCUT2D eigenvalue weighted by Gasteiger charge is -2.05. The largest absolute Gasteiger partial charge is 0.395 e. The van der Waals surface area contributed by atoms with E-state index in [0.29, 0.717) is 11.3 Å². The molecule has 2 rings (SSSR count). The quantitative estimate of drug-likeness (QED) is 0.852. The third kappa shape index (κ3) is 3.67. The first-order valence-corrected chi connectivity index (χ1v) is 6.99. The van der Waals surface area contributed by atoms with Crippen LogP contribution in [0.3, 0.4) is 0 Å². The summed E-state index contributed by atoms with van der Waals surface area (Å²) < 4.78 is 0. The van der Waals surface area contributed by atoms with Crippen LogP contribution in [0.25, 0.3) is 0 Å². The van der Waals surface area contributed by atoms with Crippen molar-refractivity contribution in [2.75, 3.05) is 11.9 Å². The van der Waals surface area contributed by atoms with Gasteiger partial charge in [0.2, 0.25) is 0 Å². The van der Waals surface area contributed by atoms with E-state index in [9.17, 15) is 4.79 Å². The van der Waals surface area contributed by atoms with E-state index in [4.69, 9.17) is 5.11 Å². The minimum Gasteiger partial charge on any atom is -0.395 e. The van der Waals surface area contributed by atoms with Crippen LogP contribution in [0, 0.1) is 18.8 Å². The van der Waals surface area contributed by atoms with Crippen LogP contribution in [-0.2, 0) is 0 Å². The van der Waals surface area contributed by atoms with Gasteiger partial charge in [-0.25, -0.2) is 0 Å². The van der Waals surface area contributed by atoms with Gasteiger partial charge in [0, 0.05) is 17.7 Å². The van der Waals surface area contributed by atoms with Gasteiger partial charge in [-0.1, -0.05) is 11.8 Å². The topological polar surface area (TPSA) is 62.2 Å². The molecular formula is C15H14N2O2S. The predicted octanol–water partition coefficient (Wildman–Crippen LogP) is 2.44. The summed E-state index contributed by atoms with van der Waals surface area (Å²) in [5.74, 6) is 5.71. The van der Waals surface area contributed by atoms with Crippen LogP contribution in [0.2, 0.25) is 0 Å². The Morgan fingerprint density at radius 3 is 3.00 bits per heavy atom. The average Bonchev–Trinajstić information content (AvgIpc) is 2.95. The second-order valence-corrected chi connectivity index (χ2v) is 5.01. The van der Waals surface area contributed by atoms with Gasteiger partial charge in [-0.15, -0.1) is 11.3 Å². The maximum absolute atomic E-state index is 11.9. The van der Waals surface area contributed by atoms with Gasteiger partial charge in [0.25, 0.3) is 5.91 Å². The first-order valence-electron chi connectivity index (χ1n) is 6.11. The number of anilines is 1. The van der Waals surface area contributed by atoms with Crippen LogP contribution >= 0.6 is 11.3 Å². The molecule has 0 saturated carbocycles. The van der Waals surface area contributed by atoms with E-state index in [-0.39, 0.29) is 12.5 Å². The highest BCUT2D eigenvalue weighted by Gasteiger charge is 2.08. The zero-order chi connectivity index (χ0) is 14.4. The maximum Gasteiger partial charge on any atom is 0.267 e. The summed E-state index contributed by atoms with van der Waals surface area (Å²) in [6, 6.07) is 5.55. The molecule has 0 spiro atoms. The highest BCUT2D eigenvalue weighted by molar-refractivity contribution is 7.11. The molecule has 0 bridgehead atoms. The number of thiazole rings is 1. The van der Waals surface area contributed by atoms with Gasteiger partial charge in [0.1, 0.15) is 4.88 Å². The summed E-state index contributed by atoms with van der Waals surface area (Å²) in [4.78, 5) is 16.3. The Bertz CT molecular complexity index is 654. The van der Waals surface area contributed by atoms with E-state index in [1.165, 1.54) is 11.3 Å². The smallest absolute Gasteiger partial charge is 0.267 e. The molecule has 102 valence electrons. The van der Waals surface area contributed by atoms with Crippen molar-refractivity contribution in [2.24, 2.45) is 0 Å². The van der Waals surface area contributed by atoms with Crippen molar-refractivity contribution < 1.29 is 9.90 Å². The minimum atomic E-state index is -0.161. The summed E-state index contributed by atoms with van der Waals surface area (Å²) in [5, 5.41) is 11.5. The van der Waals surface area contributed by atoms with Gasteiger partial charge < -0.3 is 10.4 Å². The van der Waals surface area contributed by atoms with E-state index in [2.05, 4.69) is 22.1 Å². The SMILES string of the molecule is Cc1cc(NC(=O)c2cncs2)ccc1C#CCCO. The van der Waals surface area contributed by atoms with Gasteiger partial charge in [-0.3, -0.25) is 9.78 Å². The molecule has 1 heterocycles. The van der Waals surface area contributed by atoms with Crippen molar-refractivity contribution in [1.29, 1.82) is 0 Å². The number of aryl methyl sites for hydroxylation is 1. The highest BCUT2D eigenvalue weighted by atomic mass is 32.1. The second kappa shape index (κ2) is 6.85. The van der Waals surface area contributed by atoms with Crippen molar-refractivity contribution in [2.45, 2.75) is 13.3 Å². The van der Waals surface area contributed by atoms with Gasteiger partial charge in [-0.05, 0) is 30.7 Å². The molecule has 2 N–H and O–H groups in total. The van der Waals surface area contributed by atoms with Crippen LogP contribution in [0.1, 0.15) is 27.2 Å². The molecule has 1 amide bonds. The molecule has 1 aromatic carbocycles. The van der Waals surface area contributed by atoms with Gasteiger partial charge in [0.15, 0.2) is 0 Å². The number of nitrogens with zero attached hydrogens (tertiary/aromatic N) is 1. The summed E-state index contributed by atoms with van der Waals surface area (Å²) >= 11 is 1.30. The summed E-state index contributed by atoms with van der Waals surface area (Å²) in [6.07, 6.45) is 2.00. The van der Waals surface area contributed by atoms with Crippen molar-refractivity contribution in [3.8, 4) is 11.8 Å². The Labute approximate surface area is 121 Å². The molecule has 20 heavy (non-hydrogen) atoms. The normalized spacial score (nSPS) is 9.70. The average molecular weight is 286 g/mol. The zero-order valence-electron chi connectivity index (χ0n) is 11.0. The van der Waals surface area contributed by atoms with Crippen LogP contribution in [0.4, 0.5) is 5.69 Å². The molecule has 2 aromatic rings. The summed E-state index contributed by atoms with van der Waals surface area (Å²) in [6.45, 7) is 2.00. The number of rotatable bonds is 3. The molecule has 0 fully saturated rings. The third-order valence-electron chi connectivity index (χ3n) is 2.60. The first-order chi connectivity index (χ1) is 9.70. The molecule has 0 atom stereocenters. The van der Waals surface area contributed by atoms with Gasteiger partial charge in [-0.2, -0.15) is 0 Å². The fourth-order valence-corrected chi connectivity index (χ4v) is 2.13. The maximum atomic E-state index is 11.9. The molecule has 1 aromatic heterocycles. The highest BCUT2D eigenvalue weighted by Crippen LogP contribution is 2.16. The Kier molecular flexibility index (Phi) is 4.88. The number of carbonyl (C=O) groups is 1. The van der Waals surface area contributed by atoms with Crippen LogP contribution in [0.15, 0.2) is 29.9 Å². The number of nitrogens with one attached hydrogen (secondary N) is 1. The van der Waals surface area contributed by atoms with Crippen molar-refractivity contribution in [1.82, 2.24) is 4.98 Å². The fourth-order valence-electron chi connectivity index (χ4n) is 1.62. The summed E-state index contributed by atoms with van der Waals surface area (Å²) in [7, 11) is 0. The van der Waals surface area contributed by atoms with Crippen molar-refractivity contribution >= 4 is 22.9 Å². The number of benzene rings is 1. The summed E-state index contributed by atoms with van der Waals surface area (Å²) in [5.41, 5.74) is 4.24. The van der Waals surface area contributed by atoms with Crippen molar-refractivity contribution in [3.05, 3.63) is 45.9 Å². The lowest BCUT2D eigenvalue weighted by molar-refractivity contribution is 0.103. The molecular weight excluding hydrogens is 272 g/mol. The monoisotopic (exact) mass is 286 g/mol. The molecule has 0 radical (unpaired) electrons.